The van der Waals surface area contributed by atoms with E-state index in [1.54, 1.807) is 0 Å². The molecule has 1 N–H and O–H groups in total. The number of hydrogen-bond donors (Lipinski definition) is 1. The van der Waals surface area contributed by atoms with E-state index in [4.69, 9.17) is 5.41 Å². The first kappa shape index (κ1) is 9.07. The lowest BCUT2D eigenvalue weighted by Gasteiger charge is -2.00. The van der Waals surface area contributed by atoms with E-state index in [0.29, 0.717) is 12.3 Å². The maximum atomic E-state index is 9.86. The molecule has 0 saturated heterocycles. The molecule has 0 amide bonds. The van der Waals surface area contributed by atoms with Gasteiger partial charge in [0.05, 0.1) is 5.71 Å². The molecule has 0 fully saturated rings. The summed E-state index contributed by atoms with van der Waals surface area (Å²) in [6, 6.07) is 0. The molecule has 0 aliphatic carbocycles. The van der Waals surface area contributed by atoms with Gasteiger partial charge in [0.2, 0.25) is 6.54 Å². The SMILES string of the molecule is CC(C)CC(=N)C[N+](=O)[O-]. The summed E-state index contributed by atoms with van der Waals surface area (Å²) >= 11 is 0. The summed E-state index contributed by atoms with van der Waals surface area (Å²) in [5.41, 5.74) is 0.208. The quantitative estimate of drug-likeness (QED) is 0.367. The summed E-state index contributed by atoms with van der Waals surface area (Å²) < 4.78 is 0. The maximum Gasteiger partial charge on any atom is 0.241 e. The Balaban J connectivity index is 3.54. The largest absolute Gasteiger partial charge is 0.303 e. The standard InChI is InChI=1S/C6H12N2O2/c1-5(2)3-6(7)4-8(9)10/h5,7H,3-4H2,1-2H3. The normalized spacial score (nSPS) is 9.90. The maximum absolute atomic E-state index is 9.86. The van der Waals surface area contributed by atoms with Crippen LogP contribution in [0.4, 0.5) is 0 Å². The van der Waals surface area contributed by atoms with Crippen molar-refractivity contribution in [1.82, 2.24) is 0 Å². The van der Waals surface area contributed by atoms with Crippen LogP contribution in [-0.4, -0.2) is 17.2 Å². The lowest BCUT2D eigenvalue weighted by Crippen LogP contribution is -2.14. The van der Waals surface area contributed by atoms with Crippen LogP contribution >= 0.6 is 0 Å². The van der Waals surface area contributed by atoms with Crippen LogP contribution < -0.4 is 0 Å². The van der Waals surface area contributed by atoms with Gasteiger partial charge in [-0.15, -0.1) is 0 Å². The zero-order valence-electron chi connectivity index (χ0n) is 6.26. The van der Waals surface area contributed by atoms with Crippen LogP contribution in [0.2, 0.25) is 0 Å². The Bertz CT molecular complexity index is 143. The Kier molecular flexibility index (Phi) is 3.61. The average Bonchev–Trinajstić information content (AvgIpc) is 1.58. The minimum absolute atomic E-state index is 0.208. The molecule has 0 aromatic carbocycles. The monoisotopic (exact) mass is 144 g/mol. The number of rotatable bonds is 4. The molecular weight excluding hydrogens is 132 g/mol. The zero-order chi connectivity index (χ0) is 8.15. The second kappa shape index (κ2) is 3.98. The molecule has 0 heterocycles. The number of hydrogen-bond acceptors (Lipinski definition) is 3. The van der Waals surface area contributed by atoms with Crippen LogP contribution in [-0.2, 0) is 0 Å². The highest BCUT2D eigenvalue weighted by atomic mass is 16.6. The molecule has 0 aliphatic heterocycles. The number of nitrogens with zero attached hydrogens (tertiary/aromatic N) is 1. The summed E-state index contributed by atoms with van der Waals surface area (Å²) in [5.74, 6) is 0.340. The Morgan fingerprint density at radius 2 is 2.20 bits per heavy atom. The molecular formula is C6H12N2O2. The van der Waals surface area contributed by atoms with E-state index in [-0.39, 0.29) is 12.3 Å². The van der Waals surface area contributed by atoms with E-state index >= 15 is 0 Å². The molecule has 0 bridgehead atoms. The molecule has 4 heteroatoms. The smallest absolute Gasteiger partial charge is 0.241 e. The fraction of sp³-hybridized carbons (Fsp3) is 0.833. The van der Waals surface area contributed by atoms with Gasteiger partial charge < -0.3 is 5.41 Å². The van der Waals surface area contributed by atoms with Gasteiger partial charge in [0.25, 0.3) is 0 Å². The van der Waals surface area contributed by atoms with Gasteiger partial charge in [0, 0.05) is 4.92 Å². The van der Waals surface area contributed by atoms with E-state index < -0.39 is 4.92 Å². The minimum atomic E-state index is -0.468. The summed E-state index contributed by atoms with van der Waals surface area (Å²) in [6.45, 7) is 3.57. The zero-order valence-corrected chi connectivity index (χ0v) is 6.26. The topological polar surface area (TPSA) is 67.0 Å². The fourth-order valence-electron chi connectivity index (χ4n) is 0.713. The van der Waals surface area contributed by atoms with Crippen molar-refractivity contribution >= 4 is 5.71 Å². The summed E-state index contributed by atoms with van der Waals surface area (Å²) in [7, 11) is 0. The summed E-state index contributed by atoms with van der Waals surface area (Å²) in [5, 5.41) is 17.0. The van der Waals surface area contributed by atoms with Gasteiger partial charge in [-0.25, -0.2) is 0 Å². The number of nitrogens with one attached hydrogen (secondary N) is 1. The molecule has 0 radical (unpaired) electrons. The predicted molar refractivity (Wildman–Crippen MR) is 39.0 cm³/mol. The molecule has 4 nitrogen and oxygen atoms in total. The first-order chi connectivity index (χ1) is 4.52. The first-order valence-corrected chi connectivity index (χ1v) is 3.20. The van der Waals surface area contributed by atoms with Crippen molar-refractivity contribution in [3.05, 3.63) is 10.1 Å². The molecule has 58 valence electrons. The van der Waals surface area contributed by atoms with Crippen molar-refractivity contribution in [3.8, 4) is 0 Å². The van der Waals surface area contributed by atoms with Crippen LogP contribution in [0.25, 0.3) is 0 Å². The van der Waals surface area contributed by atoms with Gasteiger partial charge in [-0.05, 0) is 12.3 Å². The second-order valence-electron chi connectivity index (χ2n) is 2.69. The second-order valence-corrected chi connectivity index (χ2v) is 2.69. The van der Waals surface area contributed by atoms with Gasteiger partial charge in [-0.3, -0.25) is 10.1 Å². The molecule has 0 spiro atoms. The third-order valence-corrected chi connectivity index (χ3v) is 0.975. The first-order valence-electron chi connectivity index (χ1n) is 3.20. The Morgan fingerprint density at radius 3 is 2.50 bits per heavy atom. The van der Waals surface area contributed by atoms with Crippen LogP contribution in [0, 0.1) is 21.4 Å². The van der Waals surface area contributed by atoms with Crippen molar-refractivity contribution < 1.29 is 4.92 Å². The third kappa shape index (κ3) is 5.21. The molecule has 0 aliphatic rings. The Hall–Kier alpha value is -0.930. The van der Waals surface area contributed by atoms with Crippen LogP contribution in [0.5, 0.6) is 0 Å². The lowest BCUT2D eigenvalue weighted by molar-refractivity contribution is -0.463. The number of nitro groups is 1. The highest BCUT2D eigenvalue weighted by Crippen LogP contribution is 1.99. The molecule has 0 aromatic rings. The van der Waals surface area contributed by atoms with E-state index in [1.165, 1.54) is 0 Å². The van der Waals surface area contributed by atoms with E-state index in [1.807, 2.05) is 13.8 Å². The van der Waals surface area contributed by atoms with Gasteiger partial charge in [0.15, 0.2) is 0 Å². The Labute approximate surface area is 59.9 Å². The van der Waals surface area contributed by atoms with Crippen molar-refractivity contribution in [2.45, 2.75) is 20.3 Å². The lowest BCUT2D eigenvalue weighted by atomic mass is 10.1. The van der Waals surface area contributed by atoms with E-state index in [2.05, 4.69) is 0 Å². The van der Waals surface area contributed by atoms with Crippen LogP contribution in [0.15, 0.2) is 0 Å². The third-order valence-electron chi connectivity index (χ3n) is 0.975. The Morgan fingerprint density at radius 1 is 1.70 bits per heavy atom. The van der Waals surface area contributed by atoms with Crippen molar-refractivity contribution in [2.24, 2.45) is 5.92 Å². The molecule has 0 saturated carbocycles. The van der Waals surface area contributed by atoms with E-state index in [9.17, 15) is 10.1 Å². The molecule has 0 aromatic heterocycles. The van der Waals surface area contributed by atoms with Gasteiger partial charge in [-0.1, -0.05) is 13.8 Å². The van der Waals surface area contributed by atoms with Gasteiger partial charge in [-0.2, -0.15) is 0 Å². The van der Waals surface area contributed by atoms with Crippen LogP contribution in [0.1, 0.15) is 20.3 Å². The van der Waals surface area contributed by atoms with Crippen molar-refractivity contribution in [3.63, 3.8) is 0 Å². The molecule has 10 heavy (non-hydrogen) atoms. The fourth-order valence-corrected chi connectivity index (χ4v) is 0.713. The average molecular weight is 144 g/mol. The highest BCUT2D eigenvalue weighted by molar-refractivity contribution is 5.82. The van der Waals surface area contributed by atoms with Gasteiger partial charge in [0.1, 0.15) is 0 Å². The van der Waals surface area contributed by atoms with E-state index in [0.717, 1.165) is 0 Å². The van der Waals surface area contributed by atoms with Crippen molar-refractivity contribution in [2.75, 3.05) is 6.54 Å². The summed E-state index contributed by atoms with van der Waals surface area (Å²) in [4.78, 5) is 9.39. The van der Waals surface area contributed by atoms with Crippen molar-refractivity contribution in [1.29, 1.82) is 5.41 Å². The highest BCUT2D eigenvalue weighted by Gasteiger charge is 2.06. The molecule has 0 rings (SSSR count). The molecule has 0 atom stereocenters. The van der Waals surface area contributed by atoms with Crippen LogP contribution in [0.3, 0.4) is 0 Å². The minimum Gasteiger partial charge on any atom is -0.303 e. The van der Waals surface area contributed by atoms with Gasteiger partial charge >= 0.3 is 0 Å². The molecule has 0 unspecified atom stereocenters. The predicted octanol–water partition coefficient (Wildman–Crippen LogP) is 1.33. The summed E-state index contributed by atoms with van der Waals surface area (Å²) in [6.07, 6.45) is 0.529.